The Morgan fingerprint density at radius 1 is 1.35 bits per heavy atom. The second kappa shape index (κ2) is 5.38. The topological polar surface area (TPSA) is 43.1 Å². The van der Waals surface area contributed by atoms with Gasteiger partial charge in [0.1, 0.15) is 0 Å². The largest absolute Gasteiger partial charge is 0.321 e. The Bertz CT molecular complexity index is 424. The third-order valence-corrected chi connectivity index (χ3v) is 3.53. The van der Waals surface area contributed by atoms with Gasteiger partial charge in [-0.25, -0.2) is 0 Å². The predicted octanol–water partition coefficient (Wildman–Crippen LogP) is 3.48. The normalized spacial score (nSPS) is 13.5. The Morgan fingerprint density at radius 3 is 2.47 bits per heavy atom. The van der Waals surface area contributed by atoms with Gasteiger partial charge in [-0.15, -0.1) is 0 Å². The van der Waals surface area contributed by atoms with Crippen LogP contribution in [0.5, 0.6) is 0 Å². The Morgan fingerprint density at radius 2 is 1.94 bits per heavy atom. The van der Waals surface area contributed by atoms with E-state index in [0.29, 0.717) is 10.0 Å². The van der Waals surface area contributed by atoms with E-state index in [1.807, 2.05) is 20.8 Å². The molecule has 0 saturated heterocycles. The molecule has 17 heavy (non-hydrogen) atoms. The molecule has 1 atom stereocenters. The number of Topliss-reactive ketones (excluding diaryl/α,β-unsaturated/α-hetero) is 1. The minimum atomic E-state index is -0.502. The van der Waals surface area contributed by atoms with Crippen molar-refractivity contribution in [1.82, 2.24) is 0 Å². The maximum Gasteiger partial charge on any atom is 0.154 e. The minimum Gasteiger partial charge on any atom is -0.321 e. The number of hydrogen-bond donors (Lipinski definition) is 1. The zero-order chi connectivity index (χ0) is 13.2. The first-order valence-electron chi connectivity index (χ1n) is 5.44. The van der Waals surface area contributed by atoms with Gasteiger partial charge in [0.15, 0.2) is 5.78 Å². The van der Waals surface area contributed by atoms with Gasteiger partial charge in [-0.2, -0.15) is 0 Å². The van der Waals surface area contributed by atoms with E-state index in [1.54, 1.807) is 18.2 Å². The lowest BCUT2D eigenvalue weighted by atomic mass is 9.83. The fourth-order valence-electron chi connectivity index (χ4n) is 1.47. The number of hydrogen-bond acceptors (Lipinski definition) is 2. The van der Waals surface area contributed by atoms with Crippen LogP contribution in [0, 0.1) is 5.41 Å². The van der Waals surface area contributed by atoms with Crippen molar-refractivity contribution in [1.29, 1.82) is 0 Å². The molecule has 94 valence electrons. The first kappa shape index (κ1) is 14.5. The summed E-state index contributed by atoms with van der Waals surface area (Å²) in [7, 11) is 0. The van der Waals surface area contributed by atoms with E-state index in [2.05, 4.69) is 0 Å². The van der Waals surface area contributed by atoms with E-state index in [1.165, 1.54) is 0 Å². The molecule has 4 heteroatoms. The smallest absolute Gasteiger partial charge is 0.154 e. The summed E-state index contributed by atoms with van der Waals surface area (Å²) in [5, 5.41) is 0.893. The van der Waals surface area contributed by atoms with Gasteiger partial charge in [0.25, 0.3) is 0 Å². The van der Waals surface area contributed by atoms with Gasteiger partial charge < -0.3 is 5.73 Å². The fourth-order valence-corrected chi connectivity index (χ4v) is 1.85. The van der Waals surface area contributed by atoms with Gasteiger partial charge in [-0.1, -0.05) is 56.1 Å². The summed E-state index contributed by atoms with van der Waals surface area (Å²) >= 11 is 11.9. The summed E-state index contributed by atoms with van der Waals surface area (Å²) in [6.07, 6.45) is 0.220. The van der Waals surface area contributed by atoms with Gasteiger partial charge in [-0.05, 0) is 17.0 Å². The SMILES string of the molecule is CC(C)(C)C(N)C(=O)Cc1cccc(Cl)c1Cl. The molecule has 0 aromatic heterocycles. The number of carbonyl (C=O) groups excluding carboxylic acids is 1. The average Bonchev–Trinajstić information content (AvgIpc) is 2.22. The Labute approximate surface area is 112 Å². The summed E-state index contributed by atoms with van der Waals surface area (Å²) in [4.78, 5) is 12.0. The monoisotopic (exact) mass is 273 g/mol. The van der Waals surface area contributed by atoms with Crippen molar-refractivity contribution >= 4 is 29.0 Å². The molecule has 0 fully saturated rings. The third-order valence-electron chi connectivity index (χ3n) is 2.68. The predicted molar refractivity (Wildman–Crippen MR) is 72.6 cm³/mol. The van der Waals surface area contributed by atoms with Crippen LogP contribution in [-0.4, -0.2) is 11.8 Å². The highest BCUT2D eigenvalue weighted by atomic mass is 35.5. The molecule has 1 rings (SSSR count). The van der Waals surface area contributed by atoms with E-state index in [4.69, 9.17) is 28.9 Å². The molecule has 0 aliphatic carbocycles. The van der Waals surface area contributed by atoms with Crippen molar-refractivity contribution in [2.45, 2.75) is 33.2 Å². The molecule has 1 aromatic carbocycles. The second-order valence-electron chi connectivity index (χ2n) is 5.20. The highest BCUT2D eigenvalue weighted by Crippen LogP contribution is 2.27. The van der Waals surface area contributed by atoms with Crippen LogP contribution in [0.1, 0.15) is 26.3 Å². The van der Waals surface area contributed by atoms with Crippen LogP contribution in [0.25, 0.3) is 0 Å². The van der Waals surface area contributed by atoms with Crippen molar-refractivity contribution in [3.63, 3.8) is 0 Å². The Hall–Kier alpha value is -0.570. The third kappa shape index (κ3) is 3.70. The summed E-state index contributed by atoms with van der Waals surface area (Å²) in [5.74, 6) is -0.0262. The fraction of sp³-hybridized carbons (Fsp3) is 0.462. The molecule has 1 aromatic rings. The number of nitrogens with two attached hydrogens (primary N) is 1. The van der Waals surface area contributed by atoms with E-state index in [0.717, 1.165) is 5.56 Å². The van der Waals surface area contributed by atoms with E-state index >= 15 is 0 Å². The molecular weight excluding hydrogens is 257 g/mol. The van der Waals surface area contributed by atoms with Crippen LogP contribution < -0.4 is 5.73 Å². The van der Waals surface area contributed by atoms with Gasteiger partial charge in [0.2, 0.25) is 0 Å². The summed E-state index contributed by atoms with van der Waals surface area (Å²) in [5.41, 5.74) is 6.38. The molecule has 2 nitrogen and oxygen atoms in total. The van der Waals surface area contributed by atoms with Crippen molar-refractivity contribution < 1.29 is 4.79 Å². The molecule has 0 aliphatic rings. The van der Waals surface area contributed by atoms with Gasteiger partial charge in [-0.3, -0.25) is 4.79 Å². The number of benzene rings is 1. The molecule has 0 saturated carbocycles. The molecular formula is C13H17Cl2NO. The van der Waals surface area contributed by atoms with Gasteiger partial charge in [0.05, 0.1) is 16.1 Å². The van der Waals surface area contributed by atoms with Crippen molar-refractivity contribution in [2.75, 3.05) is 0 Å². The zero-order valence-electron chi connectivity index (χ0n) is 10.3. The van der Waals surface area contributed by atoms with Crippen molar-refractivity contribution in [3.8, 4) is 0 Å². The van der Waals surface area contributed by atoms with Crippen LogP contribution in [0.15, 0.2) is 18.2 Å². The van der Waals surface area contributed by atoms with E-state index in [-0.39, 0.29) is 17.6 Å². The maximum atomic E-state index is 12.0. The van der Waals surface area contributed by atoms with Gasteiger partial charge in [0, 0.05) is 6.42 Å². The number of halogens is 2. The van der Waals surface area contributed by atoms with Crippen LogP contribution in [0.2, 0.25) is 10.0 Å². The quantitative estimate of drug-likeness (QED) is 0.917. The standard InChI is InChI=1S/C13H17Cl2NO/c1-13(2,3)12(16)10(17)7-8-5-4-6-9(14)11(8)15/h4-6,12H,7,16H2,1-3H3. The molecule has 0 amide bonds. The zero-order valence-corrected chi connectivity index (χ0v) is 11.8. The molecule has 2 N–H and O–H groups in total. The molecule has 0 radical (unpaired) electrons. The molecule has 1 unspecified atom stereocenters. The molecule has 0 aliphatic heterocycles. The van der Waals surface area contributed by atoms with Crippen molar-refractivity contribution in [3.05, 3.63) is 33.8 Å². The number of rotatable bonds is 3. The van der Waals surface area contributed by atoms with E-state index in [9.17, 15) is 4.79 Å². The highest BCUT2D eigenvalue weighted by molar-refractivity contribution is 6.42. The lowest BCUT2D eigenvalue weighted by Crippen LogP contribution is -2.43. The number of ketones is 1. The summed E-state index contributed by atoms with van der Waals surface area (Å²) < 4.78 is 0. The van der Waals surface area contributed by atoms with E-state index < -0.39 is 6.04 Å². The lowest BCUT2D eigenvalue weighted by Gasteiger charge is -2.25. The van der Waals surface area contributed by atoms with Crippen LogP contribution >= 0.6 is 23.2 Å². The van der Waals surface area contributed by atoms with Crippen molar-refractivity contribution in [2.24, 2.45) is 11.1 Å². The average molecular weight is 274 g/mol. The van der Waals surface area contributed by atoms with Gasteiger partial charge >= 0.3 is 0 Å². The Balaban J connectivity index is 2.86. The molecule has 0 bridgehead atoms. The minimum absolute atomic E-state index is 0.0262. The molecule has 0 heterocycles. The van der Waals surface area contributed by atoms with Crippen LogP contribution in [-0.2, 0) is 11.2 Å². The highest BCUT2D eigenvalue weighted by Gasteiger charge is 2.27. The first-order valence-corrected chi connectivity index (χ1v) is 6.20. The number of carbonyl (C=O) groups is 1. The summed E-state index contributed by atoms with van der Waals surface area (Å²) in [6, 6.07) is 4.76. The molecule has 0 spiro atoms. The lowest BCUT2D eigenvalue weighted by molar-refractivity contribution is -0.121. The van der Waals surface area contributed by atoms with Crippen LogP contribution in [0.3, 0.4) is 0 Å². The van der Waals surface area contributed by atoms with Crippen LogP contribution in [0.4, 0.5) is 0 Å². The maximum absolute atomic E-state index is 12.0. The summed E-state index contributed by atoms with van der Waals surface area (Å²) in [6.45, 7) is 5.82. The first-order chi connectivity index (χ1) is 7.73. The Kier molecular flexibility index (Phi) is 4.59. The second-order valence-corrected chi connectivity index (χ2v) is 5.98.